The Morgan fingerprint density at radius 1 is 1.56 bits per heavy atom. The molecule has 5 heteroatoms. The number of hydrogen-bond acceptors (Lipinski definition) is 3. The molecular formula is C11H11BrN2O2. The number of halogens is 1. The summed E-state index contributed by atoms with van der Waals surface area (Å²) in [4.78, 5) is 11.7. The van der Waals surface area contributed by atoms with Crippen molar-refractivity contribution in [3.05, 3.63) is 27.9 Å². The summed E-state index contributed by atoms with van der Waals surface area (Å²) in [6.07, 6.45) is 0. The highest BCUT2D eigenvalue weighted by Crippen LogP contribution is 2.29. The van der Waals surface area contributed by atoms with Gasteiger partial charge in [-0.2, -0.15) is 5.10 Å². The van der Waals surface area contributed by atoms with E-state index in [4.69, 9.17) is 4.74 Å². The molecule has 0 saturated heterocycles. The van der Waals surface area contributed by atoms with Crippen molar-refractivity contribution in [2.75, 3.05) is 6.61 Å². The topological polar surface area (TPSA) is 55.0 Å². The van der Waals surface area contributed by atoms with Gasteiger partial charge in [-0.05, 0) is 41.4 Å². The molecule has 2 aromatic rings. The van der Waals surface area contributed by atoms with Crippen LogP contribution in [-0.2, 0) is 4.74 Å². The van der Waals surface area contributed by atoms with Crippen molar-refractivity contribution >= 4 is 32.8 Å². The first kappa shape index (κ1) is 11.1. The minimum absolute atomic E-state index is 0.326. The number of nitrogens with zero attached hydrogens (tertiary/aromatic N) is 1. The normalized spacial score (nSPS) is 10.7. The molecule has 0 radical (unpaired) electrons. The second-order valence-corrected chi connectivity index (χ2v) is 4.20. The Hall–Kier alpha value is -1.36. The van der Waals surface area contributed by atoms with E-state index < -0.39 is 5.97 Å². The van der Waals surface area contributed by atoms with Crippen molar-refractivity contribution in [3.8, 4) is 0 Å². The van der Waals surface area contributed by atoms with E-state index in [2.05, 4.69) is 26.1 Å². The van der Waals surface area contributed by atoms with Gasteiger partial charge >= 0.3 is 5.97 Å². The van der Waals surface area contributed by atoms with Gasteiger partial charge in [0.25, 0.3) is 0 Å². The lowest BCUT2D eigenvalue weighted by atomic mass is 10.1. The maximum Gasteiger partial charge on any atom is 0.359 e. The number of nitrogens with one attached hydrogen (secondary N) is 1. The zero-order chi connectivity index (χ0) is 11.7. The molecule has 16 heavy (non-hydrogen) atoms. The standard InChI is InChI=1S/C11H11BrN2O2/c1-3-16-11(15)10-8-7(13-14-10)5-4-6(2)9(8)12/h4-5H,3H2,1-2H3,(H,13,14). The summed E-state index contributed by atoms with van der Waals surface area (Å²) in [7, 11) is 0. The molecule has 2 rings (SSSR count). The molecule has 0 fully saturated rings. The van der Waals surface area contributed by atoms with Crippen LogP contribution in [0.4, 0.5) is 0 Å². The second-order valence-electron chi connectivity index (χ2n) is 3.41. The van der Waals surface area contributed by atoms with Crippen molar-refractivity contribution < 1.29 is 9.53 Å². The van der Waals surface area contributed by atoms with Gasteiger partial charge in [-0.15, -0.1) is 0 Å². The minimum atomic E-state index is -0.403. The molecule has 0 bridgehead atoms. The largest absolute Gasteiger partial charge is 0.461 e. The summed E-state index contributed by atoms with van der Waals surface area (Å²) in [5.41, 5.74) is 2.20. The van der Waals surface area contributed by atoms with Crippen LogP contribution in [0.15, 0.2) is 16.6 Å². The fourth-order valence-corrected chi connectivity index (χ4v) is 2.06. The molecule has 0 aliphatic rings. The maximum atomic E-state index is 11.7. The lowest BCUT2D eigenvalue weighted by Gasteiger charge is -2.01. The van der Waals surface area contributed by atoms with E-state index in [0.29, 0.717) is 12.3 Å². The molecule has 1 aromatic carbocycles. The summed E-state index contributed by atoms with van der Waals surface area (Å²) < 4.78 is 5.82. The van der Waals surface area contributed by atoms with Crippen LogP contribution in [-0.4, -0.2) is 22.8 Å². The van der Waals surface area contributed by atoms with Crippen LogP contribution in [0.2, 0.25) is 0 Å². The SMILES string of the molecule is CCOC(=O)c1n[nH]c2ccc(C)c(Br)c12. The zero-order valence-corrected chi connectivity index (χ0v) is 10.6. The highest BCUT2D eigenvalue weighted by molar-refractivity contribution is 9.10. The van der Waals surface area contributed by atoms with E-state index in [-0.39, 0.29) is 0 Å². The first-order chi connectivity index (χ1) is 7.65. The number of esters is 1. The number of aromatic nitrogens is 2. The zero-order valence-electron chi connectivity index (χ0n) is 9.00. The summed E-state index contributed by atoms with van der Waals surface area (Å²) in [6, 6.07) is 3.85. The van der Waals surface area contributed by atoms with Crippen LogP contribution in [0.25, 0.3) is 10.9 Å². The molecule has 4 nitrogen and oxygen atoms in total. The van der Waals surface area contributed by atoms with Gasteiger partial charge in [-0.1, -0.05) is 6.07 Å². The van der Waals surface area contributed by atoms with Gasteiger partial charge in [-0.25, -0.2) is 4.79 Å². The van der Waals surface area contributed by atoms with Crippen molar-refractivity contribution in [2.24, 2.45) is 0 Å². The predicted molar refractivity (Wildman–Crippen MR) is 64.5 cm³/mol. The monoisotopic (exact) mass is 282 g/mol. The van der Waals surface area contributed by atoms with Crippen molar-refractivity contribution in [2.45, 2.75) is 13.8 Å². The Morgan fingerprint density at radius 2 is 2.31 bits per heavy atom. The average Bonchev–Trinajstić information content (AvgIpc) is 2.68. The molecular weight excluding hydrogens is 272 g/mol. The molecule has 84 valence electrons. The number of carbonyl (C=O) groups is 1. The van der Waals surface area contributed by atoms with Gasteiger partial charge in [0, 0.05) is 9.86 Å². The number of carbonyl (C=O) groups excluding carboxylic acids is 1. The molecule has 0 unspecified atom stereocenters. The molecule has 0 spiro atoms. The van der Waals surface area contributed by atoms with Gasteiger partial charge in [-0.3, -0.25) is 5.10 Å². The second kappa shape index (κ2) is 4.25. The van der Waals surface area contributed by atoms with E-state index in [9.17, 15) is 4.79 Å². The number of ether oxygens (including phenoxy) is 1. The van der Waals surface area contributed by atoms with E-state index in [1.165, 1.54) is 0 Å². The molecule has 1 N–H and O–H groups in total. The smallest absolute Gasteiger partial charge is 0.359 e. The molecule has 1 aromatic heterocycles. The van der Waals surface area contributed by atoms with E-state index in [0.717, 1.165) is 20.9 Å². The molecule has 0 atom stereocenters. The maximum absolute atomic E-state index is 11.7. The van der Waals surface area contributed by atoms with Crippen molar-refractivity contribution in [3.63, 3.8) is 0 Å². The first-order valence-corrected chi connectivity index (χ1v) is 5.74. The number of fused-ring (bicyclic) bond motifs is 1. The number of rotatable bonds is 2. The van der Waals surface area contributed by atoms with Crippen LogP contribution >= 0.6 is 15.9 Å². The molecule has 0 aliphatic carbocycles. The van der Waals surface area contributed by atoms with Gasteiger partial charge in [0.15, 0.2) is 5.69 Å². The highest BCUT2D eigenvalue weighted by atomic mass is 79.9. The van der Waals surface area contributed by atoms with Crippen LogP contribution in [0.3, 0.4) is 0 Å². The van der Waals surface area contributed by atoms with Crippen molar-refractivity contribution in [1.29, 1.82) is 0 Å². The first-order valence-electron chi connectivity index (χ1n) is 4.95. The fraction of sp³-hybridized carbons (Fsp3) is 0.273. The number of H-pyrrole nitrogens is 1. The molecule has 0 aliphatic heterocycles. The van der Waals surface area contributed by atoms with E-state index in [1.807, 2.05) is 19.1 Å². The van der Waals surface area contributed by atoms with Gasteiger partial charge < -0.3 is 4.74 Å². The Morgan fingerprint density at radius 3 is 3.00 bits per heavy atom. The average molecular weight is 283 g/mol. The number of hydrogen-bond donors (Lipinski definition) is 1. The lowest BCUT2D eigenvalue weighted by Crippen LogP contribution is -2.05. The summed E-state index contributed by atoms with van der Waals surface area (Å²) in [5, 5.41) is 7.58. The van der Waals surface area contributed by atoms with Crippen LogP contribution < -0.4 is 0 Å². The summed E-state index contributed by atoms with van der Waals surface area (Å²) in [6.45, 7) is 4.08. The quantitative estimate of drug-likeness (QED) is 0.862. The Balaban J connectivity index is 2.63. The predicted octanol–water partition coefficient (Wildman–Crippen LogP) is 2.81. The van der Waals surface area contributed by atoms with Crippen LogP contribution in [0, 0.1) is 6.92 Å². The Labute approximate surface area is 101 Å². The minimum Gasteiger partial charge on any atom is -0.461 e. The fourth-order valence-electron chi connectivity index (χ4n) is 1.52. The van der Waals surface area contributed by atoms with Crippen LogP contribution in [0.5, 0.6) is 0 Å². The van der Waals surface area contributed by atoms with E-state index in [1.54, 1.807) is 6.92 Å². The van der Waals surface area contributed by atoms with Gasteiger partial charge in [0.2, 0.25) is 0 Å². The summed E-state index contributed by atoms with van der Waals surface area (Å²) in [5.74, 6) is -0.403. The van der Waals surface area contributed by atoms with Gasteiger partial charge in [0.05, 0.1) is 12.1 Å². The summed E-state index contributed by atoms with van der Waals surface area (Å²) >= 11 is 3.46. The Kier molecular flexibility index (Phi) is 2.96. The number of aryl methyl sites for hydroxylation is 1. The van der Waals surface area contributed by atoms with E-state index >= 15 is 0 Å². The third-order valence-corrected chi connectivity index (χ3v) is 3.35. The highest BCUT2D eigenvalue weighted by Gasteiger charge is 2.18. The molecule has 1 heterocycles. The third kappa shape index (κ3) is 1.71. The number of benzene rings is 1. The molecule has 0 saturated carbocycles. The Bertz CT molecular complexity index is 548. The molecule has 0 amide bonds. The van der Waals surface area contributed by atoms with Crippen molar-refractivity contribution in [1.82, 2.24) is 10.2 Å². The third-order valence-electron chi connectivity index (χ3n) is 2.33. The lowest BCUT2D eigenvalue weighted by molar-refractivity contribution is 0.0521. The van der Waals surface area contributed by atoms with Gasteiger partial charge in [0.1, 0.15) is 0 Å². The van der Waals surface area contributed by atoms with Crippen LogP contribution in [0.1, 0.15) is 23.0 Å². The number of aromatic amines is 1.